The number of aliphatic hydroxyl groups is 1. The van der Waals surface area contributed by atoms with Crippen LogP contribution in [0, 0.1) is 5.82 Å². The summed E-state index contributed by atoms with van der Waals surface area (Å²) in [4.78, 5) is 0. The zero-order chi connectivity index (χ0) is 10.9. The third-order valence-electron chi connectivity index (χ3n) is 2.95. The third-order valence-corrected chi connectivity index (χ3v) is 2.95. The maximum absolute atomic E-state index is 13.6. The molecule has 1 fully saturated rings. The molecule has 0 saturated carbocycles. The molecule has 82 valence electrons. The molecule has 0 bridgehead atoms. The van der Waals surface area contributed by atoms with Gasteiger partial charge in [0.05, 0.1) is 12.1 Å². The van der Waals surface area contributed by atoms with E-state index in [2.05, 4.69) is 0 Å². The highest BCUT2D eigenvalue weighted by Crippen LogP contribution is 2.34. The summed E-state index contributed by atoms with van der Waals surface area (Å²) in [5.74, 6) is -0.344. The maximum atomic E-state index is 13.6. The molecular weight excluding hydrogens is 197 g/mol. The molecular formula is C11H14FNO2. The van der Waals surface area contributed by atoms with Crippen molar-refractivity contribution in [3.8, 4) is 0 Å². The summed E-state index contributed by atoms with van der Waals surface area (Å²) in [5.41, 5.74) is 5.63. The van der Waals surface area contributed by atoms with Crippen LogP contribution in [0.4, 0.5) is 4.39 Å². The Bertz CT molecular complexity index is 358. The minimum absolute atomic E-state index is 0.190. The van der Waals surface area contributed by atoms with Gasteiger partial charge in [0.25, 0.3) is 0 Å². The molecule has 15 heavy (non-hydrogen) atoms. The smallest absolute Gasteiger partial charge is 0.128 e. The molecule has 1 aromatic carbocycles. The van der Waals surface area contributed by atoms with Gasteiger partial charge in [-0.2, -0.15) is 0 Å². The fraction of sp³-hybridized carbons (Fsp3) is 0.455. The van der Waals surface area contributed by atoms with Gasteiger partial charge >= 0.3 is 0 Å². The van der Waals surface area contributed by atoms with Crippen molar-refractivity contribution in [2.24, 2.45) is 5.73 Å². The van der Waals surface area contributed by atoms with Crippen molar-refractivity contribution in [2.75, 3.05) is 13.2 Å². The predicted molar refractivity (Wildman–Crippen MR) is 53.7 cm³/mol. The first-order chi connectivity index (χ1) is 7.18. The van der Waals surface area contributed by atoms with E-state index in [9.17, 15) is 4.39 Å². The normalized spacial score (nSPS) is 30.7. The van der Waals surface area contributed by atoms with Crippen LogP contribution in [0.3, 0.4) is 0 Å². The maximum Gasteiger partial charge on any atom is 0.128 e. The van der Waals surface area contributed by atoms with Crippen molar-refractivity contribution in [3.63, 3.8) is 0 Å². The van der Waals surface area contributed by atoms with Crippen LogP contribution < -0.4 is 5.73 Å². The first-order valence-electron chi connectivity index (χ1n) is 4.95. The summed E-state index contributed by atoms with van der Waals surface area (Å²) in [6.45, 7) is 0.265. The Labute approximate surface area is 87.7 Å². The number of hydrogen-bond acceptors (Lipinski definition) is 3. The van der Waals surface area contributed by atoms with E-state index < -0.39 is 11.6 Å². The topological polar surface area (TPSA) is 55.5 Å². The second kappa shape index (κ2) is 3.89. The highest BCUT2D eigenvalue weighted by Gasteiger charge is 2.43. The Kier molecular flexibility index (Phi) is 2.73. The average Bonchev–Trinajstić information content (AvgIpc) is 2.61. The number of rotatable bonds is 2. The molecule has 1 aliphatic rings. The van der Waals surface area contributed by atoms with Crippen LogP contribution in [-0.2, 0) is 10.3 Å². The lowest BCUT2D eigenvalue weighted by atomic mass is 9.84. The fourth-order valence-electron chi connectivity index (χ4n) is 2.04. The van der Waals surface area contributed by atoms with Gasteiger partial charge in [-0.15, -0.1) is 0 Å². The molecule has 0 spiro atoms. The second-order valence-corrected chi connectivity index (χ2v) is 3.81. The monoisotopic (exact) mass is 211 g/mol. The molecule has 1 aliphatic heterocycles. The molecule has 0 unspecified atom stereocenters. The summed E-state index contributed by atoms with van der Waals surface area (Å²) < 4.78 is 18.9. The Morgan fingerprint density at radius 2 is 2.27 bits per heavy atom. The molecule has 3 N–H and O–H groups in total. The lowest BCUT2D eigenvalue weighted by molar-refractivity contribution is 0.0295. The first-order valence-corrected chi connectivity index (χ1v) is 4.95. The molecule has 1 saturated heterocycles. The first kappa shape index (κ1) is 10.5. The van der Waals surface area contributed by atoms with Crippen LogP contribution in [0.15, 0.2) is 24.3 Å². The van der Waals surface area contributed by atoms with E-state index in [4.69, 9.17) is 15.6 Å². The Morgan fingerprint density at radius 3 is 2.93 bits per heavy atom. The zero-order valence-electron chi connectivity index (χ0n) is 8.32. The number of nitrogens with two attached hydrogens (primary N) is 1. The summed E-state index contributed by atoms with van der Waals surface area (Å²) in [6.07, 6.45) is 0.00787. The van der Waals surface area contributed by atoms with Crippen LogP contribution in [0.1, 0.15) is 12.0 Å². The van der Waals surface area contributed by atoms with Gasteiger partial charge in [-0.1, -0.05) is 18.2 Å². The molecule has 1 heterocycles. The molecule has 2 rings (SSSR count). The van der Waals surface area contributed by atoms with Crippen molar-refractivity contribution in [1.29, 1.82) is 0 Å². The largest absolute Gasteiger partial charge is 0.394 e. The standard InChI is InChI=1S/C11H14FNO2/c12-9-4-2-1-3-8(9)11(13)5-6-15-10(11)7-14/h1-4,10,14H,5-7,13H2/t10-,11+/m0/s1. The van der Waals surface area contributed by atoms with Gasteiger partial charge < -0.3 is 15.6 Å². The molecule has 1 aromatic rings. The highest BCUT2D eigenvalue weighted by atomic mass is 19.1. The number of aliphatic hydroxyl groups excluding tert-OH is 1. The van der Waals surface area contributed by atoms with Gasteiger partial charge in [0, 0.05) is 12.2 Å². The van der Waals surface area contributed by atoms with Crippen molar-refractivity contribution in [2.45, 2.75) is 18.1 Å². The van der Waals surface area contributed by atoms with Crippen LogP contribution in [-0.4, -0.2) is 24.4 Å². The van der Waals surface area contributed by atoms with Crippen LogP contribution in [0.25, 0.3) is 0 Å². The van der Waals surface area contributed by atoms with E-state index in [0.717, 1.165) is 0 Å². The van der Waals surface area contributed by atoms with Gasteiger partial charge in [0.1, 0.15) is 11.9 Å². The van der Waals surface area contributed by atoms with Crippen LogP contribution in [0.2, 0.25) is 0 Å². The lowest BCUT2D eigenvalue weighted by Crippen LogP contribution is -2.46. The highest BCUT2D eigenvalue weighted by molar-refractivity contribution is 5.28. The van der Waals surface area contributed by atoms with Crippen molar-refractivity contribution in [3.05, 3.63) is 35.6 Å². The van der Waals surface area contributed by atoms with Gasteiger partial charge in [0.15, 0.2) is 0 Å². The van der Waals surface area contributed by atoms with Gasteiger partial charge in [-0.25, -0.2) is 4.39 Å². The molecule has 0 amide bonds. The van der Waals surface area contributed by atoms with Crippen molar-refractivity contribution < 1.29 is 14.2 Å². The Hall–Kier alpha value is -0.970. The summed E-state index contributed by atoms with van der Waals surface area (Å²) in [6, 6.07) is 6.37. The predicted octanol–water partition coefficient (Wildman–Crippen LogP) is 0.761. The molecule has 4 heteroatoms. The van der Waals surface area contributed by atoms with Crippen molar-refractivity contribution in [1.82, 2.24) is 0 Å². The fourth-order valence-corrected chi connectivity index (χ4v) is 2.04. The quantitative estimate of drug-likeness (QED) is 0.759. The Morgan fingerprint density at radius 1 is 1.53 bits per heavy atom. The van der Waals surface area contributed by atoms with E-state index in [1.54, 1.807) is 18.2 Å². The average molecular weight is 211 g/mol. The molecule has 0 radical (unpaired) electrons. The number of ether oxygens (including phenoxy) is 1. The zero-order valence-corrected chi connectivity index (χ0v) is 8.32. The SMILES string of the molecule is N[C@@]1(c2ccccc2F)CCO[C@H]1CO. The number of halogens is 1. The summed E-state index contributed by atoms with van der Waals surface area (Å²) in [5, 5.41) is 9.13. The van der Waals surface area contributed by atoms with Gasteiger partial charge in [0.2, 0.25) is 0 Å². The van der Waals surface area contributed by atoms with E-state index in [-0.39, 0.29) is 12.4 Å². The minimum atomic E-state index is -0.903. The Balaban J connectivity index is 2.40. The molecule has 0 aromatic heterocycles. The lowest BCUT2D eigenvalue weighted by Gasteiger charge is -2.29. The molecule has 3 nitrogen and oxygen atoms in total. The van der Waals surface area contributed by atoms with E-state index in [1.807, 2.05) is 0 Å². The second-order valence-electron chi connectivity index (χ2n) is 3.81. The third kappa shape index (κ3) is 1.65. The molecule has 0 aliphatic carbocycles. The summed E-state index contributed by atoms with van der Waals surface area (Å²) >= 11 is 0. The molecule has 2 atom stereocenters. The van der Waals surface area contributed by atoms with Crippen LogP contribution in [0.5, 0.6) is 0 Å². The van der Waals surface area contributed by atoms with Crippen molar-refractivity contribution >= 4 is 0 Å². The van der Waals surface area contributed by atoms with Gasteiger partial charge in [-0.3, -0.25) is 0 Å². The van der Waals surface area contributed by atoms with Gasteiger partial charge in [-0.05, 0) is 12.5 Å². The van der Waals surface area contributed by atoms with Crippen LogP contribution >= 0.6 is 0 Å². The minimum Gasteiger partial charge on any atom is -0.394 e. The van der Waals surface area contributed by atoms with E-state index in [1.165, 1.54) is 6.07 Å². The number of hydrogen-bond donors (Lipinski definition) is 2. The summed E-state index contributed by atoms with van der Waals surface area (Å²) in [7, 11) is 0. The van der Waals surface area contributed by atoms with E-state index >= 15 is 0 Å². The van der Waals surface area contributed by atoms with E-state index in [0.29, 0.717) is 18.6 Å². The number of benzene rings is 1.